The monoisotopic (exact) mass is 423 g/mol. The standard InChI is InChI=1S/C21H29NO6S/c1-5-27-19(25)16-14(11-12-29-13-9-7-6-8-10-13)15(16)17(18(23)24)22-20(26)28-21(2,3)4/h6-10,14-17H,5,11-12H2,1-4H3,(H,22,26)(H,23,24). The van der Waals surface area contributed by atoms with Crippen LogP contribution in [0.2, 0.25) is 0 Å². The molecule has 0 bridgehead atoms. The predicted octanol–water partition coefficient (Wildman–Crippen LogP) is 3.57. The molecule has 0 spiro atoms. The highest BCUT2D eigenvalue weighted by Gasteiger charge is 2.60. The van der Waals surface area contributed by atoms with Gasteiger partial charge in [-0.1, -0.05) is 18.2 Å². The summed E-state index contributed by atoms with van der Waals surface area (Å²) in [5, 5.41) is 12.1. The van der Waals surface area contributed by atoms with E-state index in [0.717, 1.165) is 10.6 Å². The van der Waals surface area contributed by atoms with Crippen LogP contribution < -0.4 is 5.32 Å². The second-order valence-corrected chi connectivity index (χ2v) is 9.10. The number of nitrogens with one attached hydrogen (secondary N) is 1. The van der Waals surface area contributed by atoms with E-state index < -0.39 is 41.5 Å². The number of amides is 1. The number of rotatable bonds is 9. The zero-order valence-corrected chi connectivity index (χ0v) is 18.0. The van der Waals surface area contributed by atoms with Gasteiger partial charge in [0.1, 0.15) is 11.6 Å². The number of aliphatic carboxylic acids is 1. The summed E-state index contributed by atoms with van der Waals surface area (Å²) in [4.78, 5) is 37.4. The maximum absolute atomic E-state index is 12.3. The molecule has 1 aliphatic rings. The molecule has 8 heteroatoms. The van der Waals surface area contributed by atoms with Crippen LogP contribution >= 0.6 is 11.8 Å². The fourth-order valence-corrected chi connectivity index (χ4v) is 4.36. The van der Waals surface area contributed by atoms with Gasteiger partial charge in [0.15, 0.2) is 0 Å². The average Bonchev–Trinajstić information content (AvgIpc) is 3.33. The van der Waals surface area contributed by atoms with E-state index in [9.17, 15) is 19.5 Å². The lowest BCUT2D eigenvalue weighted by atomic mass is 10.1. The van der Waals surface area contributed by atoms with Crippen LogP contribution in [0.25, 0.3) is 0 Å². The lowest BCUT2D eigenvalue weighted by Crippen LogP contribution is -2.45. The molecule has 1 aromatic rings. The molecular weight excluding hydrogens is 394 g/mol. The number of esters is 1. The van der Waals surface area contributed by atoms with Crippen LogP contribution in [0.1, 0.15) is 34.1 Å². The highest BCUT2D eigenvalue weighted by molar-refractivity contribution is 7.99. The van der Waals surface area contributed by atoms with Crippen molar-refractivity contribution < 1.29 is 29.0 Å². The second-order valence-electron chi connectivity index (χ2n) is 7.93. The van der Waals surface area contributed by atoms with E-state index in [-0.39, 0.29) is 12.5 Å². The van der Waals surface area contributed by atoms with Crippen molar-refractivity contribution in [2.24, 2.45) is 17.8 Å². The maximum atomic E-state index is 12.3. The molecule has 1 fully saturated rings. The summed E-state index contributed by atoms with van der Waals surface area (Å²) in [5.74, 6) is -2.09. The SMILES string of the molecule is CCOC(=O)C1C(CCSc2ccccc2)C1C(NC(=O)OC(C)(C)C)C(=O)O. The predicted molar refractivity (Wildman–Crippen MR) is 110 cm³/mol. The lowest BCUT2D eigenvalue weighted by molar-refractivity contribution is -0.145. The average molecular weight is 424 g/mol. The minimum atomic E-state index is -1.20. The molecule has 0 saturated heterocycles. The molecule has 2 N–H and O–H groups in total. The van der Waals surface area contributed by atoms with Crippen LogP contribution in [-0.2, 0) is 19.1 Å². The Morgan fingerprint density at radius 1 is 1.21 bits per heavy atom. The zero-order chi connectivity index (χ0) is 21.6. The zero-order valence-electron chi connectivity index (χ0n) is 17.2. The summed E-state index contributed by atoms with van der Waals surface area (Å²) in [6, 6.07) is 8.65. The third kappa shape index (κ3) is 6.96. The Bertz CT molecular complexity index is 718. The van der Waals surface area contributed by atoms with Crippen LogP contribution in [0.4, 0.5) is 4.79 Å². The number of carboxylic acid groups (broad SMARTS) is 1. The first kappa shape index (κ1) is 23.1. The molecule has 1 aliphatic carbocycles. The van der Waals surface area contributed by atoms with E-state index in [1.807, 2.05) is 30.3 Å². The Morgan fingerprint density at radius 3 is 2.41 bits per heavy atom. The number of hydrogen-bond acceptors (Lipinski definition) is 6. The molecule has 0 aliphatic heterocycles. The maximum Gasteiger partial charge on any atom is 0.408 e. The number of alkyl carbamates (subject to hydrolysis) is 1. The van der Waals surface area contributed by atoms with Crippen molar-refractivity contribution in [3.05, 3.63) is 30.3 Å². The van der Waals surface area contributed by atoms with Gasteiger partial charge < -0.3 is 19.9 Å². The van der Waals surface area contributed by atoms with Crippen LogP contribution in [0, 0.1) is 17.8 Å². The second kappa shape index (κ2) is 10.0. The van der Waals surface area contributed by atoms with Crippen molar-refractivity contribution >= 4 is 29.8 Å². The first-order valence-electron chi connectivity index (χ1n) is 9.71. The van der Waals surface area contributed by atoms with E-state index in [1.54, 1.807) is 39.5 Å². The third-order valence-corrected chi connectivity index (χ3v) is 5.62. The molecule has 29 heavy (non-hydrogen) atoms. The van der Waals surface area contributed by atoms with Crippen molar-refractivity contribution in [1.29, 1.82) is 0 Å². The minimum absolute atomic E-state index is 0.165. The molecule has 0 aromatic heterocycles. The molecule has 1 aromatic carbocycles. The molecule has 0 heterocycles. The lowest BCUT2D eigenvalue weighted by Gasteiger charge is -2.22. The number of hydrogen-bond donors (Lipinski definition) is 2. The normalized spacial score (nSPS) is 21.7. The summed E-state index contributed by atoms with van der Waals surface area (Å²) in [5.41, 5.74) is -0.747. The summed E-state index contributed by atoms with van der Waals surface area (Å²) >= 11 is 1.65. The molecule has 160 valence electrons. The third-order valence-electron chi connectivity index (χ3n) is 4.57. The Morgan fingerprint density at radius 2 is 1.86 bits per heavy atom. The quantitative estimate of drug-likeness (QED) is 0.462. The molecule has 4 atom stereocenters. The fraction of sp³-hybridized carbons (Fsp3) is 0.571. The number of thioether (sulfide) groups is 1. The van der Waals surface area contributed by atoms with Gasteiger partial charge in [-0.25, -0.2) is 9.59 Å². The van der Waals surface area contributed by atoms with Crippen LogP contribution in [0.5, 0.6) is 0 Å². The van der Waals surface area contributed by atoms with Crippen molar-refractivity contribution in [1.82, 2.24) is 5.32 Å². The Kier molecular flexibility index (Phi) is 7.96. The highest BCUT2D eigenvalue weighted by Crippen LogP contribution is 2.52. The molecule has 1 saturated carbocycles. The Labute approximate surface area is 175 Å². The molecule has 4 unspecified atom stereocenters. The number of benzene rings is 1. The summed E-state index contributed by atoms with van der Waals surface area (Å²) in [6.07, 6.45) is -0.162. The van der Waals surface area contributed by atoms with Crippen molar-refractivity contribution in [2.45, 2.75) is 50.7 Å². The molecule has 1 amide bonds. The number of ether oxygens (including phenoxy) is 2. The number of carbonyl (C=O) groups is 3. The van der Waals surface area contributed by atoms with Crippen molar-refractivity contribution in [3.8, 4) is 0 Å². The van der Waals surface area contributed by atoms with E-state index in [4.69, 9.17) is 9.47 Å². The van der Waals surface area contributed by atoms with Crippen LogP contribution in [0.15, 0.2) is 35.2 Å². The largest absolute Gasteiger partial charge is 0.480 e. The van der Waals surface area contributed by atoms with Gasteiger partial charge in [0.2, 0.25) is 0 Å². The fourth-order valence-electron chi connectivity index (χ4n) is 3.38. The molecule has 2 rings (SSSR count). The van der Waals surface area contributed by atoms with Gasteiger partial charge in [-0.2, -0.15) is 0 Å². The minimum Gasteiger partial charge on any atom is -0.480 e. The van der Waals surface area contributed by atoms with Gasteiger partial charge in [0, 0.05) is 10.8 Å². The number of carbonyl (C=O) groups excluding carboxylic acids is 2. The summed E-state index contributed by atoms with van der Waals surface area (Å²) in [6.45, 7) is 7.04. The topological polar surface area (TPSA) is 102 Å². The smallest absolute Gasteiger partial charge is 0.408 e. The van der Waals surface area contributed by atoms with Crippen molar-refractivity contribution in [2.75, 3.05) is 12.4 Å². The summed E-state index contributed by atoms with van der Waals surface area (Å²) in [7, 11) is 0. The van der Waals surface area contributed by atoms with Crippen LogP contribution in [-0.4, -0.2) is 47.1 Å². The van der Waals surface area contributed by atoms with E-state index in [1.165, 1.54) is 0 Å². The molecule has 7 nitrogen and oxygen atoms in total. The molecule has 0 radical (unpaired) electrons. The number of carboxylic acids is 1. The van der Waals surface area contributed by atoms with Gasteiger partial charge in [-0.05, 0) is 57.9 Å². The van der Waals surface area contributed by atoms with Gasteiger partial charge >= 0.3 is 18.0 Å². The Balaban J connectivity index is 2.04. The highest BCUT2D eigenvalue weighted by atomic mass is 32.2. The van der Waals surface area contributed by atoms with Gasteiger partial charge in [0.25, 0.3) is 0 Å². The van der Waals surface area contributed by atoms with Gasteiger partial charge in [-0.3, -0.25) is 4.79 Å². The van der Waals surface area contributed by atoms with E-state index in [2.05, 4.69) is 5.32 Å². The van der Waals surface area contributed by atoms with Crippen LogP contribution in [0.3, 0.4) is 0 Å². The Hall–Kier alpha value is -2.22. The van der Waals surface area contributed by atoms with Gasteiger partial charge in [-0.15, -0.1) is 11.8 Å². The first-order chi connectivity index (χ1) is 13.6. The van der Waals surface area contributed by atoms with E-state index >= 15 is 0 Å². The summed E-state index contributed by atoms with van der Waals surface area (Å²) < 4.78 is 10.3. The molecular formula is C21H29NO6S. The van der Waals surface area contributed by atoms with Crippen molar-refractivity contribution in [3.63, 3.8) is 0 Å². The first-order valence-corrected chi connectivity index (χ1v) is 10.7. The van der Waals surface area contributed by atoms with Gasteiger partial charge in [0.05, 0.1) is 12.5 Å². The van der Waals surface area contributed by atoms with E-state index in [0.29, 0.717) is 6.42 Å².